The molecule has 1 aliphatic heterocycles. The van der Waals surface area contributed by atoms with Crippen molar-refractivity contribution in [2.24, 2.45) is 5.41 Å². The van der Waals surface area contributed by atoms with Crippen LogP contribution in [0.2, 0.25) is 0 Å². The van der Waals surface area contributed by atoms with Crippen molar-refractivity contribution < 1.29 is 4.79 Å². The third-order valence-electron chi connectivity index (χ3n) is 5.54. The summed E-state index contributed by atoms with van der Waals surface area (Å²) in [6.07, 6.45) is 4.26. The molecule has 120 valence electrons. The Balaban J connectivity index is 1.70. The second kappa shape index (κ2) is 5.49. The van der Waals surface area contributed by atoms with Gasteiger partial charge in [-0.3, -0.25) is 4.79 Å². The van der Waals surface area contributed by atoms with E-state index in [0.29, 0.717) is 11.2 Å². The number of hydrogen-bond acceptors (Lipinski definition) is 2. The van der Waals surface area contributed by atoms with Crippen LogP contribution >= 0.6 is 0 Å². The number of benzene rings is 1. The smallest absolute Gasteiger partial charge is 0.164 e. The van der Waals surface area contributed by atoms with Gasteiger partial charge in [0.2, 0.25) is 0 Å². The van der Waals surface area contributed by atoms with E-state index in [-0.39, 0.29) is 5.41 Å². The second-order valence-corrected chi connectivity index (χ2v) is 8.58. The van der Waals surface area contributed by atoms with Crippen LogP contribution in [0.25, 0.3) is 0 Å². The number of aryl methyl sites for hydroxylation is 1. The van der Waals surface area contributed by atoms with Crippen LogP contribution in [-0.4, -0.2) is 30.3 Å². The Morgan fingerprint density at radius 2 is 1.86 bits per heavy atom. The average molecular weight is 299 g/mol. The first-order chi connectivity index (χ1) is 10.3. The van der Waals surface area contributed by atoms with Gasteiger partial charge in [0.1, 0.15) is 0 Å². The summed E-state index contributed by atoms with van der Waals surface area (Å²) in [6, 6.07) is 6.49. The number of ketones is 1. The zero-order valence-electron chi connectivity index (χ0n) is 14.5. The molecular formula is C20H29NO. The quantitative estimate of drug-likeness (QED) is 0.809. The maximum atomic E-state index is 12.4. The summed E-state index contributed by atoms with van der Waals surface area (Å²) in [5, 5.41) is 0. The molecule has 1 heterocycles. The highest BCUT2D eigenvalue weighted by molar-refractivity contribution is 6.02. The molecule has 1 aromatic rings. The first-order valence-electron chi connectivity index (χ1n) is 8.66. The summed E-state index contributed by atoms with van der Waals surface area (Å²) in [4.78, 5) is 15.0. The normalized spacial score (nSPS) is 21.4. The summed E-state index contributed by atoms with van der Waals surface area (Å²) in [7, 11) is 0. The van der Waals surface area contributed by atoms with Crippen molar-refractivity contribution in [2.45, 2.75) is 58.8 Å². The molecular weight excluding hydrogens is 270 g/mol. The predicted octanol–water partition coefficient (Wildman–Crippen LogP) is 4.35. The molecule has 0 amide bonds. The fourth-order valence-corrected chi connectivity index (χ4v) is 3.99. The molecule has 0 atom stereocenters. The van der Waals surface area contributed by atoms with Crippen LogP contribution in [0, 0.1) is 12.3 Å². The Labute approximate surface area is 134 Å². The maximum absolute atomic E-state index is 12.4. The molecule has 2 heteroatoms. The molecule has 2 aliphatic rings. The summed E-state index contributed by atoms with van der Waals surface area (Å²) >= 11 is 0. The minimum atomic E-state index is 0.137. The maximum Gasteiger partial charge on any atom is 0.164 e. The number of piperidine rings is 1. The zero-order chi connectivity index (χ0) is 16.0. The van der Waals surface area contributed by atoms with Crippen LogP contribution in [-0.2, 0) is 5.41 Å². The van der Waals surface area contributed by atoms with Crippen LogP contribution in [0.15, 0.2) is 18.2 Å². The van der Waals surface area contributed by atoms with Gasteiger partial charge in [0.15, 0.2) is 5.78 Å². The Morgan fingerprint density at radius 3 is 2.50 bits per heavy atom. The molecule has 2 nitrogen and oxygen atoms in total. The number of carbonyl (C=O) groups is 1. The third kappa shape index (κ3) is 2.99. The van der Waals surface area contributed by atoms with Crippen molar-refractivity contribution in [1.29, 1.82) is 0 Å². The largest absolute Gasteiger partial charge is 0.303 e. The molecule has 1 spiro atoms. The molecule has 0 saturated carbocycles. The van der Waals surface area contributed by atoms with Crippen molar-refractivity contribution in [1.82, 2.24) is 4.90 Å². The molecule has 0 bridgehead atoms. The zero-order valence-corrected chi connectivity index (χ0v) is 14.5. The van der Waals surface area contributed by atoms with Crippen LogP contribution in [0.5, 0.6) is 0 Å². The van der Waals surface area contributed by atoms with Gasteiger partial charge >= 0.3 is 0 Å². The molecule has 3 rings (SSSR count). The van der Waals surface area contributed by atoms with Crippen LogP contribution in [0.1, 0.15) is 67.9 Å². The van der Waals surface area contributed by atoms with E-state index >= 15 is 0 Å². The first-order valence-corrected chi connectivity index (χ1v) is 8.66. The Kier molecular flexibility index (Phi) is 3.92. The average Bonchev–Trinajstić information content (AvgIpc) is 2.70. The number of rotatable bonds is 2. The van der Waals surface area contributed by atoms with Gasteiger partial charge in [-0.1, -0.05) is 38.5 Å². The lowest BCUT2D eigenvalue weighted by Crippen LogP contribution is -2.42. The molecule has 1 aromatic carbocycles. The number of likely N-dealkylation sites (tertiary alicyclic amines) is 1. The van der Waals surface area contributed by atoms with E-state index in [1.54, 1.807) is 0 Å². The molecule has 1 aliphatic carbocycles. The standard InChI is InChI=1S/C20H29NO/c1-15-5-6-17-16(13-15)18(22)14-20(17)8-11-21(12-9-20)10-7-19(2,3)4/h5-6,13H,7-12,14H2,1-4H3. The van der Waals surface area contributed by atoms with Crippen LogP contribution < -0.4 is 0 Å². The highest BCUT2D eigenvalue weighted by atomic mass is 16.1. The van der Waals surface area contributed by atoms with Gasteiger partial charge in [-0.05, 0) is 62.9 Å². The second-order valence-electron chi connectivity index (χ2n) is 8.58. The van der Waals surface area contributed by atoms with Crippen LogP contribution in [0.4, 0.5) is 0 Å². The number of nitrogens with zero attached hydrogens (tertiary/aromatic N) is 1. The first kappa shape index (κ1) is 15.7. The van der Waals surface area contributed by atoms with Gasteiger partial charge in [-0.25, -0.2) is 0 Å². The summed E-state index contributed by atoms with van der Waals surface area (Å²) in [6.45, 7) is 12.5. The van der Waals surface area contributed by atoms with E-state index < -0.39 is 0 Å². The van der Waals surface area contributed by atoms with E-state index in [0.717, 1.165) is 37.9 Å². The van der Waals surface area contributed by atoms with E-state index in [4.69, 9.17) is 0 Å². The minimum Gasteiger partial charge on any atom is -0.303 e. The van der Waals surface area contributed by atoms with E-state index in [1.165, 1.54) is 24.1 Å². The Hall–Kier alpha value is -1.15. The lowest BCUT2D eigenvalue weighted by atomic mass is 9.73. The van der Waals surface area contributed by atoms with Gasteiger partial charge in [0.05, 0.1) is 0 Å². The molecule has 0 radical (unpaired) electrons. The lowest BCUT2D eigenvalue weighted by molar-refractivity contribution is 0.0928. The van der Waals surface area contributed by atoms with Crippen molar-refractivity contribution in [3.8, 4) is 0 Å². The van der Waals surface area contributed by atoms with E-state index in [1.807, 2.05) is 0 Å². The lowest BCUT2D eigenvalue weighted by Gasteiger charge is -2.40. The SMILES string of the molecule is Cc1ccc2c(c1)C(=O)CC21CCN(CCC(C)(C)C)CC1. The highest BCUT2D eigenvalue weighted by Gasteiger charge is 2.44. The molecule has 0 aromatic heterocycles. The van der Waals surface area contributed by atoms with Gasteiger partial charge < -0.3 is 4.90 Å². The van der Waals surface area contributed by atoms with E-state index in [9.17, 15) is 4.79 Å². The molecule has 0 unspecified atom stereocenters. The molecule has 22 heavy (non-hydrogen) atoms. The Morgan fingerprint density at radius 1 is 1.18 bits per heavy atom. The third-order valence-corrected chi connectivity index (χ3v) is 5.54. The molecule has 0 N–H and O–H groups in total. The monoisotopic (exact) mass is 299 g/mol. The van der Waals surface area contributed by atoms with Crippen LogP contribution in [0.3, 0.4) is 0 Å². The fraction of sp³-hybridized carbons (Fsp3) is 0.650. The van der Waals surface area contributed by atoms with Gasteiger partial charge in [0.25, 0.3) is 0 Å². The summed E-state index contributed by atoms with van der Waals surface area (Å²) < 4.78 is 0. The predicted molar refractivity (Wildman–Crippen MR) is 91.6 cm³/mol. The number of fused-ring (bicyclic) bond motifs is 2. The summed E-state index contributed by atoms with van der Waals surface area (Å²) in [5.41, 5.74) is 4.08. The number of carbonyl (C=O) groups excluding carboxylic acids is 1. The topological polar surface area (TPSA) is 20.3 Å². The van der Waals surface area contributed by atoms with E-state index in [2.05, 4.69) is 50.8 Å². The van der Waals surface area contributed by atoms with Gasteiger partial charge in [-0.15, -0.1) is 0 Å². The molecule has 1 saturated heterocycles. The van der Waals surface area contributed by atoms with Crippen molar-refractivity contribution >= 4 is 5.78 Å². The minimum absolute atomic E-state index is 0.137. The molecule has 1 fully saturated rings. The summed E-state index contributed by atoms with van der Waals surface area (Å²) in [5.74, 6) is 0.363. The van der Waals surface area contributed by atoms with Gasteiger partial charge in [-0.2, -0.15) is 0 Å². The van der Waals surface area contributed by atoms with Gasteiger partial charge in [0, 0.05) is 17.4 Å². The van der Waals surface area contributed by atoms with Crippen molar-refractivity contribution in [3.05, 3.63) is 34.9 Å². The fourth-order valence-electron chi connectivity index (χ4n) is 3.99. The number of Topliss-reactive ketones (excluding diaryl/α,β-unsaturated/α-hetero) is 1. The number of hydrogen-bond donors (Lipinski definition) is 0. The van der Waals surface area contributed by atoms with Crippen molar-refractivity contribution in [2.75, 3.05) is 19.6 Å². The highest BCUT2D eigenvalue weighted by Crippen LogP contribution is 2.46. The van der Waals surface area contributed by atoms with Crippen molar-refractivity contribution in [3.63, 3.8) is 0 Å². The Bertz CT molecular complexity index is 574.